The Hall–Kier alpha value is -1.82. The molecule has 0 bridgehead atoms. The van der Waals surface area contributed by atoms with Crippen molar-refractivity contribution in [3.05, 3.63) is 33.1 Å². The second-order valence-corrected chi connectivity index (χ2v) is 10.4. The van der Waals surface area contributed by atoms with Gasteiger partial charge in [-0.2, -0.15) is 0 Å². The fraction of sp³-hybridized carbons (Fsp3) is 0.722. The summed E-state index contributed by atoms with van der Waals surface area (Å²) in [6.07, 6.45) is -1.74. The zero-order valence-corrected chi connectivity index (χ0v) is 18.9. The number of hydrogen-bond acceptors (Lipinski definition) is 10. The summed E-state index contributed by atoms with van der Waals surface area (Å²) in [6, 6.07) is 1.16. The van der Waals surface area contributed by atoms with Crippen molar-refractivity contribution >= 4 is 13.8 Å². The van der Waals surface area contributed by atoms with E-state index in [1.807, 2.05) is 0 Å². The Balaban J connectivity index is 1.74. The minimum atomic E-state index is -4.08. The van der Waals surface area contributed by atoms with E-state index in [9.17, 15) is 18.9 Å². The van der Waals surface area contributed by atoms with Gasteiger partial charge in [0.15, 0.2) is 6.23 Å². The standard InChI is InChI=1S/C18H28N3O9P/c1-10(2)28-15(23)17(3,4)9-27-31(25)26-8-11-13(30-31)18(5,19)14(29-11)21-7-6-12(22)20-16(21)24/h6-7,10-11,13-14H,8-9,19H2,1-5H3,(H,20,22,24)/t11-,13-,14-,18-,31-/m1/s1. The zero-order chi connectivity index (χ0) is 23.2. The van der Waals surface area contributed by atoms with Gasteiger partial charge in [0.2, 0.25) is 0 Å². The number of aromatic nitrogens is 2. The largest absolute Gasteiger partial charge is 0.475 e. The maximum atomic E-state index is 13.1. The third kappa shape index (κ3) is 4.84. The number of esters is 1. The summed E-state index contributed by atoms with van der Waals surface area (Å²) in [5.74, 6) is -0.519. The number of nitrogens with two attached hydrogens (primary N) is 1. The molecule has 0 spiro atoms. The van der Waals surface area contributed by atoms with Gasteiger partial charge >= 0.3 is 19.5 Å². The third-order valence-electron chi connectivity index (χ3n) is 5.01. The van der Waals surface area contributed by atoms with Crippen LogP contribution in [0.5, 0.6) is 0 Å². The molecular formula is C18H28N3O9P. The number of carbonyl (C=O) groups excluding carboxylic acids is 1. The molecule has 2 aliphatic rings. The molecule has 2 fully saturated rings. The number of phosphoric acid groups is 1. The van der Waals surface area contributed by atoms with Crippen LogP contribution in [-0.4, -0.2) is 52.6 Å². The van der Waals surface area contributed by atoms with E-state index in [0.29, 0.717) is 0 Å². The first kappa shape index (κ1) is 23.8. The van der Waals surface area contributed by atoms with Gasteiger partial charge < -0.3 is 15.2 Å². The molecule has 0 unspecified atom stereocenters. The van der Waals surface area contributed by atoms with E-state index in [1.54, 1.807) is 34.6 Å². The van der Waals surface area contributed by atoms with E-state index in [1.165, 1.54) is 6.20 Å². The van der Waals surface area contributed by atoms with Gasteiger partial charge in [0.1, 0.15) is 12.2 Å². The fourth-order valence-electron chi connectivity index (χ4n) is 3.28. The van der Waals surface area contributed by atoms with Crippen LogP contribution in [0.3, 0.4) is 0 Å². The SMILES string of the molecule is CC(C)OC(=O)C(C)(C)CO[P@@]1(=O)OC[C@H]2O[C@@H](n3ccc(=O)[nH]c3=O)[C@](C)(N)[C@@H]2O1. The second-order valence-electron chi connectivity index (χ2n) is 8.79. The molecule has 0 amide bonds. The number of carbonyl (C=O) groups is 1. The summed E-state index contributed by atoms with van der Waals surface area (Å²) in [6.45, 7) is 7.73. The Bertz CT molecular complexity index is 999. The summed E-state index contributed by atoms with van der Waals surface area (Å²) in [7, 11) is -4.08. The lowest BCUT2D eigenvalue weighted by Crippen LogP contribution is -2.55. The predicted octanol–water partition coefficient (Wildman–Crippen LogP) is 0.669. The average Bonchev–Trinajstić information content (AvgIpc) is 2.90. The van der Waals surface area contributed by atoms with Crippen LogP contribution in [0.25, 0.3) is 0 Å². The number of rotatable bonds is 6. The first-order valence-corrected chi connectivity index (χ1v) is 11.3. The maximum Gasteiger partial charge on any atom is 0.475 e. The number of phosphoric ester groups is 1. The van der Waals surface area contributed by atoms with Gasteiger partial charge in [-0.25, -0.2) is 9.36 Å². The topological polar surface area (TPSA) is 161 Å². The molecule has 174 valence electrons. The van der Waals surface area contributed by atoms with Gasteiger partial charge in [-0.1, -0.05) is 0 Å². The normalized spacial score (nSPS) is 33.3. The smallest absolute Gasteiger partial charge is 0.462 e. The molecule has 31 heavy (non-hydrogen) atoms. The van der Waals surface area contributed by atoms with Crippen LogP contribution in [0, 0.1) is 5.41 Å². The number of aromatic amines is 1. The molecule has 5 atom stereocenters. The Morgan fingerprint density at radius 3 is 2.74 bits per heavy atom. The Morgan fingerprint density at radius 1 is 1.45 bits per heavy atom. The van der Waals surface area contributed by atoms with E-state index < -0.39 is 54.4 Å². The quantitative estimate of drug-likeness (QED) is 0.455. The molecule has 1 aromatic heterocycles. The zero-order valence-electron chi connectivity index (χ0n) is 18.0. The Morgan fingerprint density at radius 2 is 2.13 bits per heavy atom. The minimum Gasteiger partial charge on any atom is -0.462 e. The molecule has 2 aliphatic heterocycles. The fourth-order valence-corrected chi connectivity index (χ4v) is 4.93. The maximum absolute atomic E-state index is 13.1. The molecule has 13 heteroatoms. The molecule has 1 aromatic rings. The first-order chi connectivity index (χ1) is 14.2. The molecule has 2 saturated heterocycles. The number of nitrogens with one attached hydrogen (secondary N) is 1. The third-order valence-corrected chi connectivity index (χ3v) is 6.40. The van der Waals surface area contributed by atoms with Crippen LogP contribution in [0.1, 0.15) is 40.8 Å². The molecule has 3 N–H and O–H groups in total. The van der Waals surface area contributed by atoms with E-state index >= 15 is 0 Å². The van der Waals surface area contributed by atoms with Crippen molar-refractivity contribution < 1.29 is 32.4 Å². The number of nitrogens with zero attached hydrogens (tertiary/aromatic N) is 1. The molecule has 0 saturated carbocycles. The summed E-state index contributed by atoms with van der Waals surface area (Å²) in [5.41, 5.74) is 2.72. The van der Waals surface area contributed by atoms with Gasteiger partial charge in [-0.3, -0.25) is 32.7 Å². The van der Waals surface area contributed by atoms with E-state index in [0.717, 1.165) is 10.6 Å². The van der Waals surface area contributed by atoms with Crippen molar-refractivity contribution in [3.63, 3.8) is 0 Å². The monoisotopic (exact) mass is 461 g/mol. The van der Waals surface area contributed by atoms with Crippen LogP contribution in [0.2, 0.25) is 0 Å². The minimum absolute atomic E-state index is 0.166. The van der Waals surface area contributed by atoms with Crippen molar-refractivity contribution in [2.45, 2.75) is 64.7 Å². The van der Waals surface area contributed by atoms with Gasteiger partial charge in [0, 0.05) is 12.3 Å². The highest BCUT2D eigenvalue weighted by atomic mass is 31.2. The highest BCUT2D eigenvalue weighted by Gasteiger charge is 2.59. The van der Waals surface area contributed by atoms with Crippen LogP contribution in [0.15, 0.2) is 21.9 Å². The van der Waals surface area contributed by atoms with Crippen LogP contribution >= 0.6 is 7.82 Å². The lowest BCUT2D eigenvalue weighted by atomic mass is 9.93. The van der Waals surface area contributed by atoms with Gasteiger partial charge in [0.05, 0.1) is 30.3 Å². The molecule has 3 heterocycles. The molecular weight excluding hydrogens is 433 g/mol. The summed E-state index contributed by atoms with van der Waals surface area (Å²) >= 11 is 0. The van der Waals surface area contributed by atoms with Gasteiger partial charge in [0.25, 0.3) is 5.56 Å². The predicted molar refractivity (Wildman–Crippen MR) is 107 cm³/mol. The van der Waals surface area contributed by atoms with Crippen molar-refractivity contribution in [2.24, 2.45) is 11.1 Å². The van der Waals surface area contributed by atoms with Crippen molar-refractivity contribution in [3.8, 4) is 0 Å². The number of hydrogen-bond donors (Lipinski definition) is 2. The lowest BCUT2D eigenvalue weighted by Gasteiger charge is -2.36. The lowest BCUT2D eigenvalue weighted by molar-refractivity contribution is -0.160. The molecule has 3 rings (SSSR count). The molecule has 0 aliphatic carbocycles. The highest BCUT2D eigenvalue weighted by molar-refractivity contribution is 7.48. The van der Waals surface area contributed by atoms with Crippen LogP contribution in [-0.2, 0) is 32.4 Å². The van der Waals surface area contributed by atoms with Crippen molar-refractivity contribution in [2.75, 3.05) is 13.2 Å². The Labute approximate surface area is 178 Å². The summed E-state index contributed by atoms with van der Waals surface area (Å²) < 4.78 is 41.5. The molecule has 12 nitrogen and oxygen atoms in total. The molecule has 0 aromatic carbocycles. The number of H-pyrrole nitrogens is 1. The molecule has 0 radical (unpaired) electrons. The second kappa shape index (κ2) is 8.27. The van der Waals surface area contributed by atoms with Gasteiger partial charge in [-0.15, -0.1) is 0 Å². The first-order valence-electron chi connectivity index (χ1n) is 9.79. The van der Waals surface area contributed by atoms with E-state index in [2.05, 4.69) is 4.98 Å². The summed E-state index contributed by atoms with van der Waals surface area (Å²) in [5, 5.41) is 0. The van der Waals surface area contributed by atoms with Crippen LogP contribution < -0.4 is 17.0 Å². The van der Waals surface area contributed by atoms with E-state index in [-0.39, 0.29) is 19.3 Å². The van der Waals surface area contributed by atoms with Crippen LogP contribution in [0.4, 0.5) is 0 Å². The van der Waals surface area contributed by atoms with Crippen molar-refractivity contribution in [1.82, 2.24) is 9.55 Å². The van der Waals surface area contributed by atoms with E-state index in [4.69, 9.17) is 28.8 Å². The average molecular weight is 461 g/mol. The number of fused-ring (bicyclic) bond motifs is 1. The number of ether oxygens (including phenoxy) is 2. The summed E-state index contributed by atoms with van der Waals surface area (Å²) in [4.78, 5) is 37.9. The van der Waals surface area contributed by atoms with Gasteiger partial charge in [-0.05, 0) is 34.6 Å². The Kier molecular flexibility index (Phi) is 6.36. The van der Waals surface area contributed by atoms with Crippen molar-refractivity contribution in [1.29, 1.82) is 0 Å². The highest BCUT2D eigenvalue weighted by Crippen LogP contribution is 2.58.